The number of hydrogen-bond acceptors (Lipinski definition) is 10. The molecule has 4 aromatic heterocycles. The molecule has 0 saturated heterocycles. The van der Waals surface area contributed by atoms with Gasteiger partial charge in [-0.3, -0.25) is 0 Å². The van der Waals surface area contributed by atoms with Crippen LogP contribution in [-0.2, 0) is 0 Å². The third-order valence-electron chi connectivity index (χ3n) is 17.5. The van der Waals surface area contributed by atoms with Crippen LogP contribution in [0.15, 0.2) is 182 Å². The summed E-state index contributed by atoms with van der Waals surface area (Å²) in [5.74, 6) is -1.04. The number of carboxylic acids is 2. The summed E-state index contributed by atoms with van der Waals surface area (Å²) in [4.78, 5) is 30.9. The summed E-state index contributed by atoms with van der Waals surface area (Å²) >= 11 is 2.03. The Labute approximate surface area is 492 Å². The van der Waals surface area contributed by atoms with Gasteiger partial charge in [-0.1, -0.05) is 12.1 Å². The molecule has 8 aromatic carbocycles. The summed E-state index contributed by atoms with van der Waals surface area (Å²) in [6.07, 6.45) is 7.28. The number of carbonyl (C=O) groups is 2. The molecular formula is C68H48N6O4S2Se2. The molecule has 2 fully saturated rings. The van der Waals surface area contributed by atoms with Crippen LogP contribution in [0.2, 0.25) is 0 Å². The Kier molecular flexibility index (Phi) is 12.0. The van der Waals surface area contributed by atoms with E-state index in [1.54, 1.807) is 24.3 Å². The standard InChI is InChI=1S/C68H48N6O4S2Se2/c75-67(76)43-31-39(29-41(33-43)59-25-27-61(81-59)53-23-21-47(63-65(53)71-79-69-63)37-17-19-51-49-13-7-15-55(49)73(57(51)35-37)45-9-3-1-4-10-45)40-30-42(34-44(32-40)68(77)78)60-26-28-62(82-60)54-24-22-48(64-66(54)72-80-70-64)38-18-20-52-50-14-8-16-56(50)74(58(52)36-38)46-11-5-2-6-12-46/h1-6,9-12,17-36,49-50,55-56H,7-8,13-16H2,(H,75,76)(H,77,78). The zero-order valence-corrected chi connectivity index (χ0v) is 49.0. The van der Waals surface area contributed by atoms with Crippen molar-refractivity contribution in [1.82, 2.24) is 17.5 Å². The molecule has 14 heteroatoms. The third-order valence-corrected chi connectivity index (χ3v) is 23.5. The number of nitrogens with zero attached hydrogens (tertiary/aromatic N) is 6. The minimum atomic E-state index is -1.05. The van der Waals surface area contributed by atoms with Crippen molar-refractivity contribution < 1.29 is 19.8 Å². The van der Waals surface area contributed by atoms with Crippen molar-refractivity contribution in [2.75, 3.05) is 9.80 Å². The van der Waals surface area contributed by atoms with Gasteiger partial charge in [-0.05, 0) is 0 Å². The van der Waals surface area contributed by atoms with Crippen LogP contribution in [-0.4, -0.2) is 80.7 Å². The zero-order valence-electron chi connectivity index (χ0n) is 43.9. The fraction of sp³-hybridized carbons (Fsp3) is 0.147. The van der Waals surface area contributed by atoms with Gasteiger partial charge in [0.15, 0.2) is 0 Å². The van der Waals surface area contributed by atoms with Gasteiger partial charge in [-0.15, -0.1) is 0 Å². The second kappa shape index (κ2) is 19.8. The van der Waals surface area contributed by atoms with Crippen LogP contribution in [0, 0.1) is 0 Å². The van der Waals surface area contributed by atoms with Gasteiger partial charge in [0.05, 0.1) is 0 Å². The summed E-state index contributed by atoms with van der Waals surface area (Å²) in [5, 5.41) is 21.1. The van der Waals surface area contributed by atoms with E-state index in [0.717, 1.165) is 84.3 Å². The van der Waals surface area contributed by atoms with Gasteiger partial charge in [0.2, 0.25) is 0 Å². The average Bonchev–Trinajstić information content (AvgIpc) is 4.13. The second-order valence-corrected chi connectivity index (χ2v) is 27.6. The average molecular weight is 1240 g/mol. The number of benzene rings is 8. The number of aromatic nitrogens is 4. The van der Waals surface area contributed by atoms with Gasteiger partial charge >= 0.3 is 484 Å². The van der Waals surface area contributed by atoms with E-state index in [-0.39, 0.29) is 40.1 Å². The summed E-state index contributed by atoms with van der Waals surface area (Å²) in [6, 6.07) is 64.3. The molecular weight excluding hydrogens is 1190 g/mol. The molecule has 0 amide bonds. The molecule has 10 nitrogen and oxygen atoms in total. The van der Waals surface area contributed by atoms with Gasteiger partial charge in [-0.2, -0.15) is 0 Å². The van der Waals surface area contributed by atoms with Crippen molar-refractivity contribution >= 4 is 109 Å². The number of fused-ring (bicyclic) bond motifs is 8. The number of aromatic carboxylic acids is 2. The predicted octanol–water partition coefficient (Wildman–Crippen LogP) is 16.5. The molecule has 0 bridgehead atoms. The first-order valence-electron chi connectivity index (χ1n) is 27.7. The summed E-state index contributed by atoms with van der Waals surface area (Å²) in [7, 11) is 0. The van der Waals surface area contributed by atoms with E-state index in [1.807, 2.05) is 12.1 Å². The van der Waals surface area contributed by atoms with Crippen LogP contribution in [0.4, 0.5) is 22.7 Å². The Balaban J connectivity index is 0.708. The molecule has 2 aliphatic carbocycles. The van der Waals surface area contributed by atoms with Gasteiger partial charge in [0.1, 0.15) is 0 Å². The number of hydrogen-bond donors (Lipinski definition) is 2. The molecule has 2 N–H and O–H groups in total. The fourth-order valence-electron chi connectivity index (χ4n) is 13.9. The molecule has 0 radical (unpaired) electrons. The SMILES string of the molecule is O=C(O)c1cc(-c2cc(C(=O)O)cc(-c3ccc(-c4ccc(-c5ccc6c(c5)N(c5ccccc5)C5CCCC65)c5nsnc45)[se]3)c2)cc(-c2ccc(-c3ccc(-c4ccc5c(c4)N(c4ccccc4)C4CCCC54)c4nsnc34)[se]2)c1. The van der Waals surface area contributed by atoms with Crippen molar-refractivity contribution in [2.45, 2.75) is 62.4 Å². The normalized spacial score (nSPS) is 17.9. The quantitative estimate of drug-likeness (QED) is 0.121. The van der Waals surface area contributed by atoms with Gasteiger partial charge in [0.25, 0.3) is 0 Å². The molecule has 398 valence electrons. The van der Waals surface area contributed by atoms with Crippen molar-refractivity contribution in [3.8, 4) is 73.4 Å². The van der Waals surface area contributed by atoms with E-state index in [1.165, 1.54) is 95.9 Å². The molecule has 16 rings (SSSR count). The first-order chi connectivity index (χ1) is 40.3. The van der Waals surface area contributed by atoms with E-state index < -0.39 is 11.9 Å². The number of carboxylic acid groups (broad SMARTS) is 2. The van der Waals surface area contributed by atoms with Crippen LogP contribution >= 0.6 is 23.5 Å². The van der Waals surface area contributed by atoms with Gasteiger partial charge in [-0.25, -0.2) is 0 Å². The maximum atomic E-state index is 12.9. The molecule has 4 atom stereocenters. The molecule has 6 heterocycles. The van der Waals surface area contributed by atoms with Crippen molar-refractivity contribution in [3.63, 3.8) is 0 Å². The number of para-hydroxylation sites is 2. The first-order valence-corrected chi connectivity index (χ1v) is 32.6. The predicted molar refractivity (Wildman–Crippen MR) is 332 cm³/mol. The van der Waals surface area contributed by atoms with Crippen molar-refractivity contribution in [1.29, 1.82) is 0 Å². The van der Waals surface area contributed by atoms with E-state index in [2.05, 4.69) is 155 Å². The molecule has 4 aliphatic rings. The molecule has 82 heavy (non-hydrogen) atoms. The molecule has 2 aliphatic heterocycles. The van der Waals surface area contributed by atoms with Crippen LogP contribution in [0.25, 0.3) is 95.5 Å². The minimum absolute atomic E-state index is 0.132. The second-order valence-electron chi connectivity index (χ2n) is 21.9. The van der Waals surface area contributed by atoms with Crippen LogP contribution in [0.5, 0.6) is 0 Å². The Morgan fingerprint density at radius 3 is 1.22 bits per heavy atom. The number of anilines is 4. The van der Waals surface area contributed by atoms with Crippen LogP contribution in [0.1, 0.15) is 82.2 Å². The zero-order chi connectivity index (χ0) is 54.7. The Bertz CT molecular complexity index is 4280. The van der Waals surface area contributed by atoms with Crippen LogP contribution in [0.3, 0.4) is 0 Å². The third kappa shape index (κ3) is 8.21. The van der Waals surface area contributed by atoms with Gasteiger partial charge < -0.3 is 0 Å². The molecule has 2 saturated carbocycles. The van der Waals surface area contributed by atoms with E-state index in [0.29, 0.717) is 35.0 Å². The summed E-state index contributed by atoms with van der Waals surface area (Å²) < 4.78 is 23.8. The molecule has 12 aromatic rings. The topological polar surface area (TPSA) is 133 Å². The fourth-order valence-corrected chi connectivity index (χ4v) is 19.3. The van der Waals surface area contributed by atoms with Crippen molar-refractivity contribution in [2.24, 2.45) is 0 Å². The van der Waals surface area contributed by atoms with E-state index in [4.69, 9.17) is 17.5 Å². The maximum absolute atomic E-state index is 12.9. The van der Waals surface area contributed by atoms with Crippen LogP contribution < -0.4 is 9.80 Å². The first kappa shape index (κ1) is 49.7. The Morgan fingerprint density at radius 2 is 0.793 bits per heavy atom. The summed E-state index contributed by atoms with van der Waals surface area (Å²) in [6.45, 7) is 0. The van der Waals surface area contributed by atoms with E-state index >= 15 is 0 Å². The van der Waals surface area contributed by atoms with E-state index in [9.17, 15) is 19.8 Å². The van der Waals surface area contributed by atoms with Crippen molar-refractivity contribution in [3.05, 3.63) is 204 Å². The van der Waals surface area contributed by atoms with Gasteiger partial charge in [0, 0.05) is 0 Å². The Hall–Kier alpha value is -8.06. The molecule has 4 unspecified atom stereocenters. The molecule has 0 spiro atoms. The summed E-state index contributed by atoms with van der Waals surface area (Å²) in [5.41, 5.74) is 20.8. The number of rotatable bonds is 11. The monoisotopic (exact) mass is 1240 g/mol. The Morgan fingerprint density at radius 1 is 0.402 bits per heavy atom.